The van der Waals surface area contributed by atoms with Gasteiger partial charge < -0.3 is 54.7 Å². The molecule has 11 unspecified atom stereocenters. The topological polar surface area (TPSA) is 196 Å². The van der Waals surface area contributed by atoms with E-state index in [1.807, 2.05) is 6.92 Å². The zero-order chi connectivity index (χ0) is 31.5. The number of allylic oxidation sites excluding steroid dienone is 1. The Morgan fingerprint density at radius 2 is 1.47 bits per heavy atom. The van der Waals surface area contributed by atoms with E-state index >= 15 is 0 Å². The van der Waals surface area contributed by atoms with Crippen LogP contribution >= 0.6 is 0 Å². The maximum atomic E-state index is 14.2. The van der Waals surface area contributed by atoms with E-state index in [0.717, 1.165) is 44.9 Å². The van der Waals surface area contributed by atoms with E-state index in [0.29, 0.717) is 12.3 Å². The minimum atomic E-state index is -1.80. The Hall–Kier alpha value is -1.19. The molecule has 0 aromatic carbocycles. The number of hydrogen-bond donors (Lipinski definition) is 7. The van der Waals surface area contributed by atoms with Crippen molar-refractivity contribution in [3.05, 3.63) is 12.2 Å². The van der Waals surface area contributed by atoms with Crippen LogP contribution in [0.2, 0.25) is 0 Å². The molecule has 0 radical (unpaired) electrons. The minimum Gasteiger partial charge on any atom is -0.432 e. The lowest BCUT2D eigenvalue weighted by molar-refractivity contribution is -0.363. The summed E-state index contributed by atoms with van der Waals surface area (Å²) in [4.78, 5) is 14.2. The number of carbonyl (C=O) groups excluding carboxylic acids is 1. The van der Waals surface area contributed by atoms with Gasteiger partial charge in [0, 0.05) is 0 Å². The average Bonchev–Trinajstić information content (AvgIpc) is 2.95. The number of esters is 1. The first-order valence-corrected chi connectivity index (χ1v) is 15.7. The normalized spacial score (nSPS) is 52.2. The number of carbonyl (C=O) groups is 1. The van der Waals surface area contributed by atoms with Gasteiger partial charge in [0.1, 0.15) is 42.7 Å². The Morgan fingerprint density at radius 3 is 2.12 bits per heavy atom. The first-order valence-electron chi connectivity index (χ1n) is 15.7. The van der Waals surface area contributed by atoms with Gasteiger partial charge in [-0.2, -0.15) is 0 Å². The lowest BCUT2D eigenvalue weighted by Gasteiger charge is -2.64. The molecular formula is C31H50O12. The third kappa shape index (κ3) is 5.60. The van der Waals surface area contributed by atoms with E-state index in [-0.39, 0.29) is 16.7 Å². The predicted octanol–water partition coefficient (Wildman–Crippen LogP) is 0.123. The molecule has 0 bridgehead atoms. The first kappa shape index (κ1) is 33.2. The Kier molecular flexibility index (Phi) is 9.41. The third-order valence-electron chi connectivity index (χ3n) is 11.7. The number of hydrogen-bond acceptors (Lipinski definition) is 12. The molecule has 5 rings (SSSR count). The summed E-state index contributed by atoms with van der Waals surface area (Å²) in [6, 6.07) is 0. The first-order chi connectivity index (χ1) is 20.2. The molecule has 5 fully saturated rings. The smallest absolute Gasteiger partial charge is 0.314 e. The van der Waals surface area contributed by atoms with Crippen molar-refractivity contribution in [1.82, 2.24) is 0 Å². The van der Waals surface area contributed by atoms with Gasteiger partial charge in [-0.05, 0) is 74.5 Å². The fourth-order valence-corrected chi connectivity index (χ4v) is 9.44. The van der Waals surface area contributed by atoms with Crippen LogP contribution in [0, 0.1) is 28.1 Å². The van der Waals surface area contributed by atoms with Crippen LogP contribution in [-0.2, 0) is 23.7 Å². The van der Waals surface area contributed by atoms with E-state index in [1.165, 1.54) is 5.57 Å². The summed E-state index contributed by atoms with van der Waals surface area (Å²) in [5, 5.41) is 71.9. The van der Waals surface area contributed by atoms with Crippen molar-refractivity contribution in [3.8, 4) is 0 Å². The molecule has 5 aliphatic rings. The monoisotopic (exact) mass is 614 g/mol. The molecule has 3 saturated carbocycles. The lowest BCUT2D eigenvalue weighted by Crippen LogP contribution is -2.65. The maximum absolute atomic E-state index is 14.2. The molecule has 0 aromatic heterocycles. The van der Waals surface area contributed by atoms with Gasteiger partial charge >= 0.3 is 5.97 Å². The Bertz CT molecular complexity index is 1040. The van der Waals surface area contributed by atoms with Gasteiger partial charge in [0.2, 0.25) is 6.29 Å². The van der Waals surface area contributed by atoms with Gasteiger partial charge in [-0.1, -0.05) is 32.4 Å². The fraction of sp³-hybridized carbons (Fsp3) is 0.903. The number of rotatable bonds is 6. The summed E-state index contributed by atoms with van der Waals surface area (Å²) in [6.45, 7) is 9.48. The van der Waals surface area contributed by atoms with Crippen molar-refractivity contribution in [2.75, 3.05) is 13.2 Å². The Morgan fingerprint density at radius 1 is 0.837 bits per heavy atom. The van der Waals surface area contributed by atoms with Crippen LogP contribution in [0.25, 0.3) is 0 Å². The van der Waals surface area contributed by atoms with E-state index in [2.05, 4.69) is 20.4 Å². The van der Waals surface area contributed by atoms with Gasteiger partial charge in [-0.25, -0.2) is 0 Å². The molecule has 3 aliphatic carbocycles. The molecule has 43 heavy (non-hydrogen) atoms. The van der Waals surface area contributed by atoms with Crippen molar-refractivity contribution >= 4 is 5.97 Å². The van der Waals surface area contributed by atoms with Crippen molar-refractivity contribution in [1.29, 1.82) is 0 Å². The molecule has 0 amide bonds. The lowest BCUT2D eigenvalue weighted by atomic mass is 9.40. The predicted molar refractivity (Wildman–Crippen MR) is 150 cm³/mol. The Balaban J connectivity index is 1.39. The van der Waals surface area contributed by atoms with E-state index < -0.39 is 86.0 Å². The van der Waals surface area contributed by atoms with Gasteiger partial charge in [0.15, 0.2) is 12.4 Å². The molecule has 12 nitrogen and oxygen atoms in total. The van der Waals surface area contributed by atoms with Crippen LogP contribution in [0.15, 0.2) is 12.2 Å². The molecule has 15 atom stereocenters. The average molecular weight is 615 g/mol. The SMILES string of the molecule is C=C1CC[C@@H]2[C@](C)(CCC3[C@](C)(C(=O)OC4OC(CO)C(O)C(O)C4OC4OC(CO)C(O)C(O)C4O)CCC[C@]32C)C1. The highest BCUT2D eigenvalue weighted by molar-refractivity contribution is 5.77. The summed E-state index contributed by atoms with van der Waals surface area (Å²) in [7, 11) is 0. The van der Waals surface area contributed by atoms with E-state index in [9.17, 15) is 40.5 Å². The third-order valence-corrected chi connectivity index (χ3v) is 11.7. The molecule has 246 valence electrons. The highest BCUT2D eigenvalue weighted by atomic mass is 16.8. The van der Waals surface area contributed by atoms with Gasteiger partial charge in [0.25, 0.3) is 0 Å². The second-order valence-corrected chi connectivity index (χ2v) is 14.5. The molecule has 2 aliphatic heterocycles. The van der Waals surface area contributed by atoms with Crippen LogP contribution in [0.1, 0.15) is 72.1 Å². The molecule has 2 saturated heterocycles. The van der Waals surface area contributed by atoms with Crippen molar-refractivity contribution < 1.29 is 59.5 Å². The number of ether oxygens (including phenoxy) is 4. The maximum Gasteiger partial charge on any atom is 0.314 e. The van der Waals surface area contributed by atoms with Gasteiger partial charge in [-0.3, -0.25) is 4.79 Å². The quantitative estimate of drug-likeness (QED) is 0.158. The zero-order valence-electron chi connectivity index (χ0n) is 25.4. The van der Waals surface area contributed by atoms with E-state index in [4.69, 9.17) is 18.9 Å². The molecule has 2 heterocycles. The molecule has 0 aromatic rings. The van der Waals surface area contributed by atoms with Crippen LogP contribution < -0.4 is 0 Å². The second-order valence-electron chi connectivity index (χ2n) is 14.5. The summed E-state index contributed by atoms with van der Waals surface area (Å²) >= 11 is 0. The van der Waals surface area contributed by atoms with Gasteiger partial charge in [0.05, 0.1) is 18.6 Å². The minimum absolute atomic E-state index is 0.0308. The molecular weight excluding hydrogens is 564 g/mol. The highest BCUT2D eigenvalue weighted by Gasteiger charge is 2.63. The highest BCUT2D eigenvalue weighted by Crippen LogP contribution is 2.68. The second kappa shape index (κ2) is 12.2. The molecule has 7 N–H and O–H groups in total. The summed E-state index contributed by atoms with van der Waals surface area (Å²) in [6.07, 6.45) is -8.74. The molecule has 0 spiro atoms. The van der Waals surface area contributed by atoms with Gasteiger partial charge in [-0.15, -0.1) is 0 Å². The van der Waals surface area contributed by atoms with Crippen molar-refractivity contribution in [3.63, 3.8) is 0 Å². The van der Waals surface area contributed by atoms with E-state index in [1.54, 1.807) is 0 Å². The fourth-order valence-electron chi connectivity index (χ4n) is 9.44. The van der Waals surface area contributed by atoms with Crippen LogP contribution in [0.3, 0.4) is 0 Å². The van der Waals surface area contributed by atoms with Crippen LogP contribution in [0.5, 0.6) is 0 Å². The van der Waals surface area contributed by atoms with Crippen LogP contribution in [0.4, 0.5) is 0 Å². The number of aliphatic hydroxyl groups is 7. The van der Waals surface area contributed by atoms with Crippen molar-refractivity contribution in [2.45, 2.75) is 134 Å². The van der Waals surface area contributed by atoms with Crippen LogP contribution in [-0.4, -0.2) is 116 Å². The zero-order valence-corrected chi connectivity index (χ0v) is 25.4. The summed E-state index contributed by atoms with van der Waals surface area (Å²) < 4.78 is 22.9. The Labute approximate surface area is 252 Å². The summed E-state index contributed by atoms with van der Waals surface area (Å²) in [5.41, 5.74) is 0.449. The summed E-state index contributed by atoms with van der Waals surface area (Å²) in [5.74, 6) is -0.0798. The standard InChI is InChI=1S/C31H50O12/c1-15-6-7-18-29(2,12-15)11-8-19-30(18,3)9-5-10-31(19,4)28(39)43-27-25(23(37)21(35)17(14-33)41-27)42-26-24(38)22(36)20(34)16(13-32)40-26/h16-27,32-38H,1,5-14H2,2-4H3/t16?,17?,18-,19?,20?,21?,22?,23?,24?,25?,26?,27?,29-,30+,31-/m1/s1. The number of aliphatic hydroxyl groups excluding tert-OH is 7. The molecule has 12 heteroatoms. The number of fused-ring (bicyclic) bond motifs is 3. The van der Waals surface area contributed by atoms with Crippen molar-refractivity contribution in [2.24, 2.45) is 28.1 Å². The largest absolute Gasteiger partial charge is 0.432 e.